The van der Waals surface area contributed by atoms with Gasteiger partial charge in [0.2, 0.25) is 0 Å². The summed E-state index contributed by atoms with van der Waals surface area (Å²) in [4.78, 5) is 0. The maximum atomic E-state index is 10.6. The van der Waals surface area contributed by atoms with Crippen molar-refractivity contribution < 1.29 is 18.1 Å². The molecule has 0 aliphatic rings. The summed E-state index contributed by atoms with van der Waals surface area (Å²) in [6.45, 7) is 1.67. The van der Waals surface area contributed by atoms with E-state index in [0.29, 0.717) is 13.0 Å². The first kappa shape index (κ1) is 11.8. The lowest BCUT2D eigenvalue weighted by Gasteiger charge is -2.15. The Morgan fingerprint density at radius 2 is 2.00 bits per heavy atom. The molecule has 5 nitrogen and oxygen atoms in total. The molecule has 0 aliphatic carbocycles. The molecule has 6 heteroatoms. The lowest BCUT2D eigenvalue weighted by atomic mass is 10.2. The van der Waals surface area contributed by atoms with E-state index in [0.717, 1.165) is 0 Å². The van der Waals surface area contributed by atoms with Crippen molar-refractivity contribution in [3.8, 4) is 0 Å². The summed E-state index contributed by atoms with van der Waals surface area (Å²) < 4.78 is 29.9. The molecule has 0 saturated heterocycles. The van der Waals surface area contributed by atoms with Gasteiger partial charge in [-0.05, 0) is 26.3 Å². The van der Waals surface area contributed by atoms with Gasteiger partial charge in [-0.25, -0.2) is 0 Å². The third-order valence-corrected chi connectivity index (χ3v) is 3.01. The predicted octanol–water partition coefficient (Wildman–Crippen LogP) is -0.637. The van der Waals surface area contributed by atoms with Crippen molar-refractivity contribution in [1.82, 2.24) is 0 Å². The van der Waals surface area contributed by atoms with Crippen LogP contribution in [-0.2, 0) is 10.1 Å². The Morgan fingerprint density at radius 1 is 1.50 bits per heavy atom. The number of aliphatic hydroxyl groups excluding tert-OH is 1. The number of nitrogens with two attached hydrogens (primary N) is 1. The molecule has 2 atom stereocenters. The van der Waals surface area contributed by atoms with Gasteiger partial charge in [0.05, 0.1) is 6.10 Å². The molecule has 0 aromatic rings. The fourth-order valence-corrected chi connectivity index (χ4v) is 1.92. The molecule has 0 heterocycles. The zero-order valence-corrected chi connectivity index (χ0v) is 7.79. The molecular weight excluding hydrogens is 182 g/mol. The molecule has 0 rings (SSSR count). The molecule has 12 heavy (non-hydrogen) atoms. The summed E-state index contributed by atoms with van der Waals surface area (Å²) in [6, 6.07) is 0. The Kier molecular flexibility index (Phi) is 4.69. The maximum absolute atomic E-state index is 10.6. The Balaban J connectivity index is 4.26. The smallest absolute Gasteiger partial charge is 0.270 e. The van der Waals surface area contributed by atoms with E-state index < -0.39 is 21.5 Å². The van der Waals surface area contributed by atoms with Crippen LogP contribution in [0, 0.1) is 0 Å². The highest BCUT2D eigenvalue weighted by molar-refractivity contribution is 7.86. The van der Waals surface area contributed by atoms with Crippen LogP contribution in [0.4, 0.5) is 0 Å². The molecule has 2 unspecified atom stereocenters. The summed E-state index contributed by atoms with van der Waals surface area (Å²) in [5.41, 5.74) is 5.16. The Morgan fingerprint density at radius 3 is 2.25 bits per heavy atom. The van der Waals surface area contributed by atoms with E-state index in [1.54, 1.807) is 0 Å². The van der Waals surface area contributed by atoms with Gasteiger partial charge < -0.3 is 10.8 Å². The third kappa shape index (κ3) is 4.01. The van der Waals surface area contributed by atoms with Gasteiger partial charge in [-0.15, -0.1) is 0 Å². The Bertz CT molecular complexity index is 212. The maximum Gasteiger partial charge on any atom is 0.270 e. The van der Waals surface area contributed by atoms with Crippen LogP contribution in [0.2, 0.25) is 0 Å². The number of hydrogen-bond donors (Lipinski definition) is 3. The highest BCUT2D eigenvalue weighted by Gasteiger charge is 2.26. The predicted molar refractivity (Wildman–Crippen MR) is 45.3 cm³/mol. The molecule has 0 aromatic heterocycles. The average molecular weight is 197 g/mol. The molecule has 0 saturated carbocycles. The topological polar surface area (TPSA) is 101 Å². The molecular formula is C6H15NO4S. The summed E-state index contributed by atoms with van der Waals surface area (Å²) >= 11 is 0. The summed E-state index contributed by atoms with van der Waals surface area (Å²) in [5, 5.41) is 7.88. The van der Waals surface area contributed by atoms with Crippen molar-refractivity contribution >= 4 is 10.1 Å². The van der Waals surface area contributed by atoms with Crippen molar-refractivity contribution in [3.63, 3.8) is 0 Å². The van der Waals surface area contributed by atoms with Gasteiger partial charge >= 0.3 is 0 Å². The highest BCUT2D eigenvalue weighted by Crippen LogP contribution is 2.10. The first-order valence-corrected chi connectivity index (χ1v) is 5.24. The second kappa shape index (κ2) is 4.76. The van der Waals surface area contributed by atoms with E-state index in [4.69, 9.17) is 15.4 Å². The first-order valence-electron chi connectivity index (χ1n) is 3.74. The van der Waals surface area contributed by atoms with Crippen molar-refractivity contribution in [2.75, 3.05) is 6.54 Å². The minimum atomic E-state index is -4.14. The van der Waals surface area contributed by atoms with Crippen molar-refractivity contribution in [2.24, 2.45) is 5.73 Å². The standard InChI is InChI=1S/C6H15NO4S/c1-5(8)6(3-2-4-7)12(9,10)11/h5-6,8H,2-4,7H2,1H3,(H,9,10,11). The van der Waals surface area contributed by atoms with E-state index >= 15 is 0 Å². The fraction of sp³-hybridized carbons (Fsp3) is 1.00. The summed E-state index contributed by atoms with van der Waals surface area (Å²) in [6.07, 6.45) is -0.408. The fourth-order valence-electron chi connectivity index (χ4n) is 0.958. The van der Waals surface area contributed by atoms with Crippen molar-refractivity contribution in [3.05, 3.63) is 0 Å². The molecule has 4 N–H and O–H groups in total. The van der Waals surface area contributed by atoms with Crippen LogP contribution in [0.1, 0.15) is 19.8 Å². The van der Waals surface area contributed by atoms with E-state index in [2.05, 4.69) is 0 Å². The van der Waals surface area contributed by atoms with Crippen LogP contribution in [0.15, 0.2) is 0 Å². The largest absolute Gasteiger partial charge is 0.392 e. The van der Waals surface area contributed by atoms with Crippen molar-refractivity contribution in [1.29, 1.82) is 0 Å². The lowest BCUT2D eigenvalue weighted by Crippen LogP contribution is -2.32. The number of aliphatic hydroxyl groups is 1. The van der Waals surface area contributed by atoms with Gasteiger partial charge in [-0.1, -0.05) is 0 Å². The number of hydrogen-bond acceptors (Lipinski definition) is 4. The van der Waals surface area contributed by atoms with Gasteiger partial charge in [-0.2, -0.15) is 8.42 Å². The molecule has 0 spiro atoms. The minimum Gasteiger partial charge on any atom is -0.392 e. The normalized spacial score (nSPS) is 17.3. The average Bonchev–Trinajstić information content (AvgIpc) is 1.84. The first-order chi connectivity index (χ1) is 5.39. The van der Waals surface area contributed by atoms with Gasteiger partial charge in [0.15, 0.2) is 0 Å². The molecule has 0 aromatic carbocycles. The van der Waals surface area contributed by atoms with Crippen LogP contribution >= 0.6 is 0 Å². The van der Waals surface area contributed by atoms with Crippen LogP contribution in [0.3, 0.4) is 0 Å². The molecule has 0 bridgehead atoms. The number of rotatable bonds is 5. The summed E-state index contributed by atoms with van der Waals surface area (Å²) in [5.74, 6) is 0. The Hall–Kier alpha value is -0.170. The lowest BCUT2D eigenvalue weighted by molar-refractivity contribution is 0.179. The third-order valence-electron chi connectivity index (χ3n) is 1.61. The highest BCUT2D eigenvalue weighted by atomic mass is 32.2. The van der Waals surface area contributed by atoms with Gasteiger partial charge in [-0.3, -0.25) is 4.55 Å². The second-order valence-corrected chi connectivity index (χ2v) is 4.36. The van der Waals surface area contributed by atoms with Crippen LogP contribution in [-0.4, -0.2) is 36.0 Å². The molecule has 0 amide bonds. The second-order valence-electron chi connectivity index (χ2n) is 2.72. The SMILES string of the molecule is CC(O)C(CCCN)S(=O)(=O)O. The van der Waals surface area contributed by atoms with Crippen molar-refractivity contribution in [2.45, 2.75) is 31.1 Å². The van der Waals surface area contributed by atoms with Gasteiger partial charge in [0.25, 0.3) is 10.1 Å². The van der Waals surface area contributed by atoms with Crippen LogP contribution in [0.5, 0.6) is 0 Å². The van der Waals surface area contributed by atoms with Gasteiger partial charge in [0.1, 0.15) is 5.25 Å². The Labute approximate surface area is 72.3 Å². The van der Waals surface area contributed by atoms with E-state index in [9.17, 15) is 8.42 Å². The quantitative estimate of drug-likeness (QED) is 0.509. The molecule has 0 fully saturated rings. The van der Waals surface area contributed by atoms with E-state index in [-0.39, 0.29) is 6.42 Å². The summed E-state index contributed by atoms with van der Waals surface area (Å²) in [7, 11) is -4.14. The minimum absolute atomic E-state index is 0.188. The van der Waals surface area contributed by atoms with E-state index in [1.165, 1.54) is 6.92 Å². The molecule has 74 valence electrons. The van der Waals surface area contributed by atoms with E-state index in [1.807, 2.05) is 0 Å². The monoisotopic (exact) mass is 197 g/mol. The van der Waals surface area contributed by atoms with Gasteiger partial charge in [0, 0.05) is 0 Å². The van der Waals surface area contributed by atoms with Crippen LogP contribution < -0.4 is 5.73 Å². The molecule has 0 radical (unpaired) electrons. The zero-order chi connectivity index (χ0) is 9.78. The zero-order valence-electron chi connectivity index (χ0n) is 6.97. The molecule has 0 aliphatic heterocycles. The van der Waals surface area contributed by atoms with Crippen LogP contribution in [0.25, 0.3) is 0 Å².